The summed E-state index contributed by atoms with van der Waals surface area (Å²) >= 11 is 0. The van der Waals surface area contributed by atoms with Crippen LogP contribution in [0.15, 0.2) is 0 Å². The summed E-state index contributed by atoms with van der Waals surface area (Å²) in [4.78, 5) is 0. The normalized spacial score (nSPS) is 36.2. The summed E-state index contributed by atoms with van der Waals surface area (Å²) < 4.78 is 5.76. The van der Waals surface area contributed by atoms with Gasteiger partial charge in [0.1, 0.15) is 0 Å². The lowest BCUT2D eigenvalue weighted by Crippen LogP contribution is -2.29. The predicted molar refractivity (Wildman–Crippen MR) is 49.1 cm³/mol. The maximum absolute atomic E-state index is 9.05. The van der Waals surface area contributed by atoms with Gasteiger partial charge < -0.3 is 9.84 Å². The minimum absolute atomic E-state index is 0.154. The molecule has 0 amide bonds. The van der Waals surface area contributed by atoms with Gasteiger partial charge in [0.15, 0.2) is 0 Å². The van der Waals surface area contributed by atoms with Crippen LogP contribution in [0.3, 0.4) is 0 Å². The first-order valence-electron chi connectivity index (χ1n) is 4.84. The lowest BCUT2D eigenvalue weighted by molar-refractivity contribution is -0.0655. The van der Waals surface area contributed by atoms with Crippen LogP contribution in [0.1, 0.15) is 40.0 Å². The van der Waals surface area contributed by atoms with E-state index in [0.29, 0.717) is 12.0 Å². The molecule has 2 unspecified atom stereocenters. The molecule has 1 aliphatic rings. The number of hydrogen-bond acceptors (Lipinski definition) is 2. The number of ether oxygens (including phenoxy) is 1. The van der Waals surface area contributed by atoms with E-state index >= 15 is 0 Å². The molecule has 0 spiro atoms. The van der Waals surface area contributed by atoms with Crippen LogP contribution < -0.4 is 0 Å². The van der Waals surface area contributed by atoms with Crippen molar-refractivity contribution >= 4 is 0 Å². The predicted octanol–water partition coefficient (Wildman–Crippen LogP) is 1.96. The Morgan fingerprint density at radius 2 is 2.25 bits per heavy atom. The van der Waals surface area contributed by atoms with Crippen molar-refractivity contribution in [3.05, 3.63) is 0 Å². The van der Waals surface area contributed by atoms with Crippen molar-refractivity contribution in [2.45, 2.75) is 51.7 Å². The minimum atomic E-state index is -0.250. The molecule has 0 saturated carbocycles. The fraction of sp³-hybridized carbons (Fsp3) is 1.00. The Morgan fingerprint density at radius 3 is 2.67 bits per heavy atom. The second-order valence-corrected chi connectivity index (χ2v) is 4.52. The van der Waals surface area contributed by atoms with Crippen molar-refractivity contribution in [3.8, 4) is 0 Å². The third-order valence-electron chi connectivity index (χ3n) is 2.52. The van der Waals surface area contributed by atoms with Crippen LogP contribution in [-0.2, 0) is 4.74 Å². The Bertz CT molecular complexity index is 145. The minimum Gasteiger partial charge on any atom is -0.393 e. The quantitative estimate of drug-likeness (QED) is 0.705. The van der Waals surface area contributed by atoms with Gasteiger partial charge in [0.2, 0.25) is 0 Å². The average Bonchev–Trinajstić information content (AvgIpc) is 2.32. The van der Waals surface area contributed by atoms with Crippen LogP contribution >= 0.6 is 0 Å². The Balaban J connectivity index is 2.35. The smallest absolute Gasteiger partial charge is 0.0888 e. The summed E-state index contributed by atoms with van der Waals surface area (Å²) in [6.45, 7) is 6.56. The molecule has 1 aliphatic heterocycles. The van der Waals surface area contributed by atoms with Gasteiger partial charge in [-0.15, -0.1) is 0 Å². The second kappa shape index (κ2) is 3.75. The zero-order chi connectivity index (χ0) is 9.19. The van der Waals surface area contributed by atoms with Gasteiger partial charge in [-0.2, -0.15) is 0 Å². The molecular formula is C10H20O2. The third-order valence-corrected chi connectivity index (χ3v) is 2.52. The first-order valence-corrected chi connectivity index (χ1v) is 4.84. The molecule has 1 heterocycles. The van der Waals surface area contributed by atoms with E-state index in [1.165, 1.54) is 0 Å². The molecule has 2 nitrogen and oxygen atoms in total. The van der Waals surface area contributed by atoms with Crippen molar-refractivity contribution < 1.29 is 9.84 Å². The van der Waals surface area contributed by atoms with Crippen LogP contribution in [0.5, 0.6) is 0 Å². The lowest BCUT2D eigenvalue weighted by Gasteiger charge is -2.22. The third kappa shape index (κ3) is 2.46. The number of rotatable bonds is 3. The maximum Gasteiger partial charge on any atom is 0.0888 e. The van der Waals surface area contributed by atoms with E-state index in [4.69, 9.17) is 9.84 Å². The Labute approximate surface area is 74.9 Å². The zero-order valence-corrected chi connectivity index (χ0v) is 8.34. The van der Waals surface area contributed by atoms with Crippen LogP contribution in [0, 0.1) is 5.92 Å². The molecule has 72 valence electrons. The summed E-state index contributed by atoms with van der Waals surface area (Å²) in [6.07, 6.45) is 3.60. The molecule has 1 fully saturated rings. The van der Waals surface area contributed by atoms with Crippen molar-refractivity contribution in [3.63, 3.8) is 0 Å². The molecule has 2 atom stereocenters. The van der Waals surface area contributed by atoms with Crippen molar-refractivity contribution in [2.75, 3.05) is 6.61 Å². The first-order chi connectivity index (χ1) is 5.56. The number of aliphatic hydroxyl groups is 1. The molecule has 1 rings (SSSR count). The molecular weight excluding hydrogens is 152 g/mol. The van der Waals surface area contributed by atoms with Gasteiger partial charge in [-0.25, -0.2) is 0 Å². The second-order valence-electron chi connectivity index (χ2n) is 4.52. The van der Waals surface area contributed by atoms with Gasteiger partial charge in [-0.05, 0) is 32.1 Å². The molecule has 0 aromatic heterocycles. The zero-order valence-electron chi connectivity index (χ0n) is 8.34. The molecule has 1 N–H and O–H groups in total. The Hall–Kier alpha value is -0.0800. The summed E-state index contributed by atoms with van der Waals surface area (Å²) in [5.41, 5.74) is -0.250. The highest BCUT2D eigenvalue weighted by atomic mass is 16.5. The topological polar surface area (TPSA) is 29.5 Å². The van der Waals surface area contributed by atoms with Gasteiger partial charge in [-0.1, -0.05) is 13.8 Å². The summed E-state index contributed by atoms with van der Waals surface area (Å²) in [6, 6.07) is 0. The average molecular weight is 172 g/mol. The van der Waals surface area contributed by atoms with Gasteiger partial charge in [-0.3, -0.25) is 0 Å². The van der Waals surface area contributed by atoms with Gasteiger partial charge in [0.05, 0.1) is 18.3 Å². The Kier molecular flexibility index (Phi) is 3.13. The number of aliphatic hydroxyl groups excluding tert-OH is 1. The molecule has 1 saturated heterocycles. The number of hydrogen-bond donors (Lipinski definition) is 1. The van der Waals surface area contributed by atoms with Gasteiger partial charge in [0.25, 0.3) is 0 Å². The van der Waals surface area contributed by atoms with E-state index in [1.54, 1.807) is 0 Å². The van der Waals surface area contributed by atoms with Crippen molar-refractivity contribution in [2.24, 2.45) is 5.92 Å². The highest BCUT2D eigenvalue weighted by Crippen LogP contribution is 2.32. The van der Waals surface area contributed by atoms with E-state index in [0.717, 1.165) is 19.3 Å². The highest BCUT2D eigenvalue weighted by Gasteiger charge is 2.35. The molecule has 0 aromatic carbocycles. The Morgan fingerprint density at radius 1 is 1.58 bits per heavy atom. The van der Waals surface area contributed by atoms with Crippen molar-refractivity contribution in [1.82, 2.24) is 0 Å². The fourth-order valence-electron chi connectivity index (χ4n) is 1.79. The lowest BCUT2D eigenvalue weighted by atomic mass is 10.0. The summed E-state index contributed by atoms with van der Waals surface area (Å²) in [5, 5.41) is 9.05. The van der Waals surface area contributed by atoms with E-state index in [-0.39, 0.29) is 12.2 Å². The largest absolute Gasteiger partial charge is 0.393 e. The first kappa shape index (κ1) is 10.0. The van der Waals surface area contributed by atoms with Crippen LogP contribution in [0.4, 0.5) is 0 Å². The monoisotopic (exact) mass is 172 g/mol. The van der Waals surface area contributed by atoms with Crippen molar-refractivity contribution in [1.29, 1.82) is 0 Å². The van der Waals surface area contributed by atoms with E-state index in [2.05, 4.69) is 13.8 Å². The molecule has 0 aliphatic carbocycles. The summed E-state index contributed by atoms with van der Waals surface area (Å²) in [7, 11) is 0. The van der Waals surface area contributed by atoms with Gasteiger partial charge >= 0.3 is 0 Å². The standard InChI is InChI=1S/C10H20O2/c1-8(2)6-9-4-5-10(3,7-11)12-9/h8-9,11H,4-7H2,1-3H3. The molecule has 0 radical (unpaired) electrons. The highest BCUT2D eigenvalue weighted by molar-refractivity contribution is 4.84. The molecule has 12 heavy (non-hydrogen) atoms. The molecule has 0 bridgehead atoms. The fourth-order valence-corrected chi connectivity index (χ4v) is 1.79. The van der Waals surface area contributed by atoms with E-state index in [1.807, 2.05) is 6.92 Å². The van der Waals surface area contributed by atoms with Gasteiger partial charge in [0, 0.05) is 0 Å². The maximum atomic E-state index is 9.05. The van der Waals surface area contributed by atoms with Crippen LogP contribution in [0.25, 0.3) is 0 Å². The van der Waals surface area contributed by atoms with E-state index in [9.17, 15) is 0 Å². The van der Waals surface area contributed by atoms with Crippen LogP contribution in [0.2, 0.25) is 0 Å². The molecule has 0 aromatic rings. The SMILES string of the molecule is CC(C)CC1CCC(C)(CO)O1. The van der Waals surface area contributed by atoms with Crippen LogP contribution in [-0.4, -0.2) is 23.4 Å². The summed E-state index contributed by atoms with van der Waals surface area (Å²) in [5.74, 6) is 0.691. The molecule has 2 heteroatoms. The van der Waals surface area contributed by atoms with E-state index < -0.39 is 0 Å².